The highest BCUT2D eigenvalue weighted by molar-refractivity contribution is 7.80. The number of benzene rings is 1. The van der Waals surface area contributed by atoms with E-state index in [-0.39, 0.29) is 35.8 Å². The largest absolute Gasteiger partial charge is 0.467 e. The zero-order chi connectivity index (χ0) is 23.2. The van der Waals surface area contributed by atoms with Crippen LogP contribution in [0.2, 0.25) is 0 Å². The third-order valence-electron chi connectivity index (χ3n) is 6.07. The normalized spacial score (nSPS) is 22.3. The molecule has 4 rings (SSSR count). The van der Waals surface area contributed by atoms with Gasteiger partial charge in [0.1, 0.15) is 11.6 Å². The van der Waals surface area contributed by atoms with E-state index in [0.29, 0.717) is 50.6 Å². The zero-order valence-corrected chi connectivity index (χ0v) is 19.0. The van der Waals surface area contributed by atoms with E-state index < -0.39 is 0 Å². The van der Waals surface area contributed by atoms with Crippen LogP contribution in [0, 0.1) is 5.82 Å². The minimum absolute atomic E-state index is 0.0192. The summed E-state index contributed by atoms with van der Waals surface area (Å²) in [7, 11) is 0. The molecule has 2 amide bonds. The zero-order valence-electron chi connectivity index (χ0n) is 18.2. The van der Waals surface area contributed by atoms with Crippen molar-refractivity contribution in [2.75, 3.05) is 13.1 Å². The minimum Gasteiger partial charge on any atom is -0.467 e. The monoisotopic (exact) mass is 473 g/mol. The Morgan fingerprint density at radius 3 is 2.79 bits per heavy atom. The van der Waals surface area contributed by atoms with E-state index in [1.807, 2.05) is 12.1 Å². The molecular formula is C23H28FN5O3S. The SMILES string of the molecule is O=C(CC[C@@H]1CNC(=O)[C@@H]2C[C@H](NC(=S)NCc3ccco3)CN12)NCc1ccc(F)cc1. The topological polar surface area (TPSA) is 98.6 Å². The van der Waals surface area contributed by atoms with Crippen molar-refractivity contribution in [3.05, 3.63) is 59.8 Å². The van der Waals surface area contributed by atoms with Crippen molar-refractivity contribution in [1.29, 1.82) is 0 Å². The summed E-state index contributed by atoms with van der Waals surface area (Å²) in [5.41, 5.74) is 0.847. The van der Waals surface area contributed by atoms with Gasteiger partial charge in [-0.2, -0.15) is 0 Å². The number of hydrogen-bond donors (Lipinski definition) is 4. The van der Waals surface area contributed by atoms with Crippen molar-refractivity contribution in [2.24, 2.45) is 0 Å². The number of amides is 2. The molecule has 0 spiro atoms. The average molecular weight is 474 g/mol. The highest BCUT2D eigenvalue weighted by Gasteiger charge is 2.43. The van der Waals surface area contributed by atoms with E-state index >= 15 is 0 Å². The van der Waals surface area contributed by atoms with Crippen LogP contribution in [-0.2, 0) is 22.7 Å². The van der Waals surface area contributed by atoms with Gasteiger partial charge < -0.3 is 25.7 Å². The second-order valence-corrected chi connectivity index (χ2v) is 8.80. The average Bonchev–Trinajstić information content (AvgIpc) is 3.47. The highest BCUT2D eigenvalue weighted by Crippen LogP contribution is 2.25. The molecule has 0 saturated carbocycles. The fourth-order valence-corrected chi connectivity index (χ4v) is 4.59. The summed E-state index contributed by atoms with van der Waals surface area (Å²) in [6.07, 6.45) is 3.26. The number of carbonyl (C=O) groups is 2. The van der Waals surface area contributed by atoms with Crippen LogP contribution in [0.15, 0.2) is 47.1 Å². The van der Waals surface area contributed by atoms with Crippen molar-refractivity contribution in [3.63, 3.8) is 0 Å². The molecule has 1 aromatic carbocycles. The van der Waals surface area contributed by atoms with Crippen molar-refractivity contribution in [1.82, 2.24) is 26.2 Å². The van der Waals surface area contributed by atoms with Crippen LogP contribution in [0.4, 0.5) is 4.39 Å². The van der Waals surface area contributed by atoms with Gasteiger partial charge in [-0.3, -0.25) is 14.5 Å². The molecule has 1 aromatic heterocycles. The number of rotatable bonds is 8. The lowest BCUT2D eigenvalue weighted by Crippen LogP contribution is -2.58. The standard InChI is InChI=1S/C23H28FN5O3S/c24-16-5-3-15(4-6-16)11-25-21(30)8-7-18-12-26-22(31)20-10-17(14-29(18)20)28-23(33)27-13-19-2-1-9-32-19/h1-6,9,17-18,20H,7-8,10-14H2,(H,25,30)(H,26,31)(H2,27,28,33)/t17-,18+,20-/m0/s1. The maximum atomic E-state index is 13.0. The molecule has 10 heteroatoms. The van der Waals surface area contributed by atoms with Gasteiger partial charge >= 0.3 is 0 Å². The van der Waals surface area contributed by atoms with Crippen molar-refractivity contribution >= 4 is 29.1 Å². The fourth-order valence-electron chi connectivity index (χ4n) is 4.35. The van der Waals surface area contributed by atoms with E-state index in [0.717, 1.165) is 11.3 Å². The van der Waals surface area contributed by atoms with Gasteiger partial charge in [-0.1, -0.05) is 12.1 Å². The Bertz CT molecular complexity index is 969. The van der Waals surface area contributed by atoms with Crippen LogP contribution in [0.1, 0.15) is 30.6 Å². The molecule has 2 aliphatic heterocycles. The first-order chi connectivity index (χ1) is 16.0. The van der Waals surface area contributed by atoms with Gasteiger partial charge in [-0.25, -0.2) is 4.39 Å². The van der Waals surface area contributed by atoms with Gasteiger partial charge in [0.05, 0.1) is 18.8 Å². The number of halogens is 1. The number of hydrogen-bond acceptors (Lipinski definition) is 5. The first-order valence-electron chi connectivity index (χ1n) is 11.1. The molecule has 33 heavy (non-hydrogen) atoms. The Kier molecular flexibility index (Phi) is 7.56. The summed E-state index contributed by atoms with van der Waals surface area (Å²) in [4.78, 5) is 26.9. The quantitative estimate of drug-likeness (QED) is 0.431. The third kappa shape index (κ3) is 6.29. The molecule has 4 N–H and O–H groups in total. The van der Waals surface area contributed by atoms with Crippen molar-refractivity contribution in [3.8, 4) is 0 Å². The van der Waals surface area contributed by atoms with Gasteiger partial charge in [-0.15, -0.1) is 0 Å². The summed E-state index contributed by atoms with van der Waals surface area (Å²) < 4.78 is 18.3. The lowest BCUT2D eigenvalue weighted by Gasteiger charge is -2.37. The summed E-state index contributed by atoms with van der Waals surface area (Å²) in [5.74, 6) is 0.447. The minimum atomic E-state index is -0.300. The van der Waals surface area contributed by atoms with Gasteiger partial charge in [0.25, 0.3) is 0 Å². The summed E-state index contributed by atoms with van der Waals surface area (Å²) >= 11 is 5.39. The van der Waals surface area contributed by atoms with Gasteiger partial charge in [-0.05, 0) is 54.9 Å². The Hall–Kier alpha value is -2.98. The molecular weight excluding hydrogens is 445 g/mol. The molecule has 2 fully saturated rings. The number of nitrogens with one attached hydrogen (secondary N) is 4. The van der Waals surface area contributed by atoms with Gasteiger partial charge in [0.15, 0.2) is 5.11 Å². The number of thiocarbonyl (C=S) groups is 1. The molecule has 2 saturated heterocycles. The van der Waals surface area contributed by atoms with Crippen molar-refractivity contribution in [2.45, 2.75) is 50.5 Å². The molecule has 0 unspecified atom stereocenters. The van der Waals surface area contributed by atoms with Crippen LogP contribution >= 0.6 is 12.2 Å². The Labute approximate surface area is 197 Å². The molecule has 176 valence electrons. The molecule has 0 aliphatic carbocycles. The van der Waals surface area contributed by atoms with E-state index in [1.165, 1.54) is 12.1 Å². The molecule has 0 radical (unpaired) electrons. The van der Waals surface area contributed by atoms with E-state index in [4.69, 9.17) is 16.6 Å². The number of carbonyl (C=O) groups excluding carboxylic acids is 2. The smallest absolute Gasteiger partial charge is 0.237 e. The molecule has 3 heterocycles. The summed E-state index contributed by atoms with van der Waals surface area (Å²) in [6, 6.07) is 9.66. The molecule has 3 atom stereocenters. The molecule has 0 bridgehead atoms. The van der Waals surface area contributed by atoms with Gasteiger partial charge in [0.2, 0.25) is 11.8 Å². The lowest BCUT2D eigenvalue weighted by molar-refractivity contribution is -0.129. The van der Waals surface area contributed by atoms with Crippen LogP contribution in [0.3, 0.4) is 0 Å². The van der Waals surface area contributed by atoms with Crippen LogP contribution in [0.5, 0.6) is 0 Å². The second kappa shape index (κ2) is 10.8. The van der Waals surface area contributed by atoms with Gasteiger partial charge in [0, 0.05) is 38.1 Å². The molecule has 2 aliphatic rings. The van der Waals surface area contributed by atoms with E-state index in [9.17, 15) is 14.0 Å². The van der Waals surface area contributed by atoms with Crippen LogP contribution in [0.25, 0.3) is 0 Å². The number of nitrogens with zero attached hydrogens (tertiary/aromatic N) is 1. The predicted molar refractivity (Wildman–Crippen MR) is 124 cm³/mol. The van der Waals surface area contributed by atoms with E-state index in [2.05, 4.69) is 26.2 Å². The van der Waals surface area contributed by atoms with Crippen LogP contribution < -0.4 is 21.3 Å². The number of fused-ring (bicyclic) bond motifs is 1. The number of piperazine rings is 1. The Morgan fingerprint density at radius 2 is 2.03 bits per heavy atom. The Balaban J connectivity index is 1.23. The highest BCUT2D eigenvalue weighted by atomic mass is 32.1. The molecule has 2 aromatic rings. The third-order valence-corrected chi connectivity index (χ3v) is 6.33. The summed E-state index contributed by atoms with van der Waals surface area (Å²) in [6.45, 7) is 2.06. The van der Waals surface area contributed by atoms with E-state index in [1.54, 1.807) is 18.4 Å². The van der Waals surface area contributed by atoms with Crippen molar-refractivity contribution < 1.29 is 18.4 Å². The maximum absolute atomic E-state index is 13.0. The Morgan fingerprint density at radius 1 is 1.21 bits per heavy atom. The molecule has 8 nitrogen and oxygen atoms in total. The first-order valence-corrected chi connectivity index (χ1v) is 11.5. The maximum Gasteiger partial charge on any atom is 0.237 e. The summed E-state index contributed by atoms with van der Waals surface area (Å²) in [5, 5.41) is 12.8. The first kappa shape index (κ1) is 23.2. The predicted octanol–water partition coefficient (Wildman–Crippen LogP) is 1.42. The number of furan rings is 1. The second-order valence-electron chi connectivity index (χ2n) is 8.39. The van der Waals surface area contributed by atoms with Crippen LogP contribution in [-0.4, -0.2) is 53.0 Å². The fraction of sp³-hybridized carbons (Fsp3) is 0.435. The lowest BCUT2D eigenvalue weighted by atomic mass is 10.0.